The molecule has 1 aromatic heterocycles. The first-order valence-corrected chi connectivity index (χ1v) is 4.54. The molecule has 0 saturated carbocycles. The van der Waals surface area contributed by atoms with Crippen molar-refractivity contribution in [2.24, 2.45) is 7.05 Å². The lowest BCUT2D eigenvalue weighted by Crippen LogP contribution is -2.28. The number of nitrogen functional groups attached to an aromatic ring is 1. The molecule has 1 heterocycles. The van der Waals surface area contributed by atoms with E-state index in [-0.39, 0.29) is 11.4 Å². The largest absolute Gasteiger partial charge is 0.379 e. The quantitative estimate of drug-likeness (QED) is 0.620. The van der Waals surface area contributed by atoms with E-state index in [0.717, 1.165) is 37.1 Å². The number of fused-ring (bicyclic) bond motifs is 1. The summed E-state index contributed by atoms with van der Waals surface area (Å²) in [5.74, 6) is 0.128. The van der Waals surface area contributed by atoms with Crippen LogP contribution in [0.1, 0.15) is 24.2 Å². The third-order valence-corrected chi connectivity index (χ3v) is 2.59. The summed E-state index contributed by atoms with van der Waals surface area (Å²) in [6, 6.07) is 0. The van der Waals surface area contributed by atoms with Crippen LogP contribution in [0, 0.1) is 0 Å². The van der Waals surface area contributed by atoms with Crippen molar-refractivity contribution < 1.29 is 0 Å². The van der Waals surface area contributed by atoms with Gasteiger partial charge in [0.25, 0.3) is 5.56 Å². The summed E-state index contributed by atoms with van der Waals surface area (Å²) < 4.78 is 1.64. The molecular weight excluding hydrogens is 166 g/mol. The molecule has 0 bridgehead atoms. The van der Waals surface area contributed by atoms with Crippen molar-refractivity contribution >= 4 is 5.82 Å². The highest BCUT2D eigenvalue weighted by molar-refractivity contribution is 5.30. The van der Waals surface area contributed by atoms with Crippen LogP contribution in [0.2, 0.25) is 0 Å². The summed E-state index contributed by atoms with van der Waals surface area (Å²) in [7, 11) is 1.77. The minimum absolute atomic E-state index is 0.128. The molecule has 1 aromatic rings. The molecule has 0 radical (unpaired) electrons. The Balaban J connectivity index is 2.67. The number of rotatable bonds is 0. The van der Waals surface area contributed by atoms with Gasteiger partial charge in [0.15, 0.2) is 5.82 Å². The monoisotopic (exact) mass is 179 g/mol. The van der Waals surface area contributed by atoms with Crippen LogP contribution in [0.5, 0.6) is 0 Å². The predicted octanol–water partition coefficient (Wildman–Crippen LogP) is 0.241. The van der Waals surface area contributed by atoms with Gasteiger partial charge in [0.1, 0.15) is 0 Å². The summed E-state index contributed by atoms with van der Waals surface area (Å²) in [6.07, 6.45) is 4.20. The van der Waals surface area contributed by atoms with E-state index < -0.39 is 0 Å². The maximum absolute atomic E-state index is 11.4. The minimum Gasteiger partial charge on any atom is -0.379 e. The second kappa shape index (κ2) is 2.87. The Kier molecular flexibility index (Phi) is 1.83. The van der Waals surface area contributed by atoms with Gasteiger partial charge >= 0.3 is 0 Å². The maximum Gasteiger partial charge on any atom is 0.293 e. The van der Waals surface area contributed by atoms with Gasteiger partial charge in [-0.25, -0.2) is 4.98 Å². The van der Waals surface area contributed by atoms with Crippen molar-refractivity contribution in [2.75, 3.05) is 5.73 Å². The van der Waals surface area contributed by atoms with Gasteiger partial charge in [0.2, 0.25) is 0 Å². The topological polar surface area (TPSA) is 60.9 Å². The number of anilines is 1. The van der Waals surface area contributed by atoms with Crippen molar-refractivity contribution in [3.05, 3.63) is 21.7 Å². The number of nitrogens with zero attached hydrogens (tertiary/aromatic N) is 2. The van der Waals surface area contributed by atoms with Gasteiger partial charge in [-0.1, -0.05) is 0 Å². The van der Waals surface area contributed by atoms with E-state index in [1.165, 1.54) is 0 Å². The van der Waals surface area contributed by atoms with E-state index in [1.54, 1.807) is 11.6 Å². The summed E-state index contributed by atoms with van der Waals surface area (Å²) in [6.45, 7) is 0. The van der Waals surface area contributed by atoms with Gasteiger partial charge < -0.3 is 10.3 Å². The number of hydrogen-bond acceptors (Lipinski definition) is 3. The van der Waals surface area contributed by atoms with Gasteiger partial charge in [-0.3, -0.25) is 4.79 Å². The van der Waals surface area contributed by atoms with Crippen LogP contribution in [-0.4, -0.2) is 9.55 Å². The molecule has 0 spiro atoms. The van der Waals surface area contributed by atoms with E-state index in [4.69, 9.17) is 5.73 Å². The standard InChI is InChI=1S/C9H13N3O/c1-12-7-5-3-2-4-6(7)11-8(10)9(12)13/h2-5H2,1H3,(H2,10,11). The molecule has 0 aliphatic heterocycles. The van der Waals surface area contributed by atoms with Crippen molar-refractivity contribution in [1.82, 2.24) is 9.55 Å². The molecule has 0 saturated heterocycles. The average molecular weight is 179 g/mol. The molecule has 4 nitrogen and oxygen atoms in total. The van der Waals surface area contributed by atoms with E-state index in [1.807, 2.05) is 0 Å². The summed E-state index contributed by atoms with van der Waals surface area (Å²) in [5.41, 5.74) is 7.40. The van der Waals surface area contributed by atoms with E-state index in [9.17, 15) is 4.79 Å². The Morgan fingerprint density at radius 2 is 2.08 bits per heavy atom. The highest BCUT2D eigenvalue weighted by Gasteiger charge is 2.15. The molecule has 0 atom stereocenters. The third kappa shape index (κ3) is 1.22. The molecule has 0 aromatic carbocycles. The van der Waals surface area contributed by atoms with Crippen LogP contribution >= 0.6 is 0 Å². The molecule has 13 heavy (non-hydrogen) atoms. The smallest absolute Gasteiger partial charge is 0.293 e. The SMILES string of the molecule is Cn1c2c(nc(N)c1=O)CCCC2. The number of hydrogen-bond donors (Lipinski definition) is 1. The predicted molar refractivity (Wildman–Crippen MR) is 50.5 cm³/mol. The van der Waals surface area contributed by atoms with Crippen LogP contribution in [-0.2, 0) is 19.9 Å². The maximum atomic E-state index is 11.4. The molecule has 70 valence electrons. The fourth-order valence-electron chi connectivity index (χ4n) is 1.84. The molecule has 4 heteroatoms. The van der Waals surface area contributed by atoms with E-state index >= 15 is 0 Å². The van der Waals surface area contributed by atoms with Crippen LogP contribution in [0.3, 0.4) is 0 Å². The third-order valence-electron chi connectivity index (χ3n) is 2.59. The Morgan fingerprint density at radius 3 is 2.85 bits per heavy atom. The molecular formula is C9H13N3O. The number of aromatic nitrogens is 2. The molecule has 1 aliphatic rings. The summed E-state index contributed by atoms with van der Waals surface area (Å²) >= 11 is 0. The number of aryl methyl sites for hydroxylation is 1. The lowest BCUT2D eigenvalue weighted by molar-refractivity contribution is 0.606. The number of nitrogens with two attached hydrogens (primary N) is 1. The van der Waals surface area contributed by atoms with Crippen molar-refractivity contribution in [2.45, 2.75) is 25.7 Å². The van der Waals surface area contributed by atoms with Crippen LogP contribution in [0.15, 0.2) is 4.79 Å². The lowest BCUT2D eigenvalue weighted by atomic mass is 10.0. The van der Waals surface area contributed by atoms with Gasteiger partial charge in [-0.05, 0) is 25.7 Å². The fraction of sp³-hybridized carbons (Fsp3) is 0.556. The Bertz CT molecular complexity index is 395. The average Bonchev–Trinajstić information content (AvgIpc) is 2.15. The zero-order valence-corrected chi connectivity index (χ0v) is 7.71. The van der Waals surface area contributed by atoms with E-state index in [2.05, 4.69) is 4.98 Å². The first kappa shape index (κ1) is 8.29. The Morgan fingerprint density at radius 1 is 1.38 bits per heavy atom. The molecule has 2 N–H and O–H groups in total. The van der Waals surface area contributed by atoms with Gasteiger partial charge in [0, 0.05) is 12.7 Å². The van der Waals surface area contributed by atoms with Crippen LogP contribution in [0.25, 0.3) is 0 Å². The highest BCUT2D eigenvalue weighted by atomic mass is 16.1. The Labute approximate surface area is 76.4 Å². The molecule has 1 aliphatic carbocycles. The Hall–Kier alpha value is -1.32. The van der Waals surface area contributed by atoms with Crippen molar-refractivity contribution in [3.8, 4) is 0 Å². The second-order valence-corrected chi connectivity index (χ2v) is 3.46. The van der Waals surface area contributed by atoms with E-state index in [0.29, 0.717) is 0 Å². The van der Waals surface area contributed by atoms with Crippen molar-refractivity contribution in [3.63, 3.8) is 0 Å². The fourth-order valence-corrected chi connectivity index (χ4v) is 1.84. The first-order chi connectivity index (χ1) is 6.20. The normalized spacial score (nSPS) is 15.5. The van der Waals surface area contributed by atoms with Gasteiger partial charge in [0.05, 0.1) is 5.69 Å². The van der Waals surface area contributed by atoms with Crippen molar-refractivity contribution in [1.29, 1.82) is 0 Å². The molecule has 0 unspecified atom stereocenters. The summed E-state index contributed by atoms with van der Waals surface area (Å²) in [5, 5.41) is 0. The zero-order valence-electron chi connectivity index (χ0n) is 7.71. The minimum atomic E-state index is -0.166. The first-order valence-electron chi connectivity index (χ1n) is 4.54. The highest BCUT2D eigenvalue weighted by Crippen LogP contribution is 2.17. The zero-order chi connectivity index (χ0) is 9.42. The van der Waals surface area contributed by atoms with Crippen LogP contribution < -0.4 is 11.3 Å². The van der Waals surface area contributed by atoms with Gasteiger partial charge in [-0.15, -0.1) is 0 Å². The molecule has 0 fully saturated rings. The second-order valence-electron chi connectivity index (χ2n) is 3.46. The molecule has 2 rings (SSSR count). The lowest BCUT2D eigenvalue weighted by Gasteiger charge is -2.17. The molecule has 0 amide bonds. The summed E-state index contributed by atoms with van der Waals surface area (Å²) in [4.78, 5) is 15.5. The van der Waals surface area contributed by atoms with Gasteiger partial charge in [-0.2, -0.15) is 0 Å². The van der Waals surface area contributed by atoms with Crippen LogP contribution in [0.4, 0.5) is 5.82 Å².